The van der Waals surface area contributed by atoms with Crippen molar-refractivity contribution in [3.05, 3.63) is 34.9 Å². The van der Waals surface area contributed by atoms with Crippen molar-refractivity contribution in [2.24, 2.45) is 0 Å². The van der Waals surface area contributed by atoms with E-state index in [0.717, 1.165) is 5.56 Å². The van der Waals surface area contributed by atoms with Crippen molar-refractivity contribution in [2.75, 3.05) is 13.1 Å². The number of halogens is 1. The Morgan fingerprint density at radius 2 is 2.10 bits per heavy atom. The van der Waals surface area contributed by atoms with Gasteiger partial charge in [0, 0.05) is 24.2 Å². The van der Waals surface area contributed by atoms with Crippen LogP contribution >= 0.6 is 11.6 Å². The summed E-state index contributed by atoms with van der Waals surface area (Å²) in [6.45, 7) is 4.62. The third-order valence-corrected chi connectivity index (χ3v) is 3.71. The van der Waals surface area contributed by atoms with Crippen molar-refractivity contribution in [3.8, 4) is 0 Å². The van der Waals surface area contributed by atoms with Gasteiger partial charge in [-0.05, 0) is 25.5 Å². The van der Waals surface area contributed by atoms with Gasteiger partial charge in [-0.25, -0.2) is 4.79 Å². The Kier molecular flexibility index (Phi) is 4.62. The van der Waals surface area contributed by atoms with Crippen LogP contribution < -0.4 is 10.6 Å². The molecular formula is C14H18ClN3O2. The lowest BCUT2D eigenvalue weighted by Gasteiger charge is -2.23. The van der Waals surface area contributed by atoms with Gasteiger partial charge in [0.05, 0.1) is 6.04 Å². The zero-order chi connectivity index (χ0) is 14.7. The first kappa shape index (κ1) is 14.8. The number of amides is 3. The lowest BCUT2D eigenvalue weighted by atomic mass is 10.1. The van der Waals surface area contributed by atoms with Crippen LogP contribution in [0.15, 0.2) is 24.3 Å². The minimum Gasteiger partial charge on any atom is -0.336 e. The highest BCUT2D eigenvalue weighted by Crippen LogP contribution is 2.22. The number of hydrogen-bond acceptors (Lipinski definition) is 3. The maximum atomic E-state index is 12.2. The predicted molar refractivity (Wildman–Crippen MR) is 77.6 cm³/mol. The average molecular weight is 296 g/mol. The highest BCUT2D eigenvalue weighted by molar-refractivity contribution is 6.31. The van der Waals surface area contributed by atoms with Crippen LogP contribution in [-0.2, 0) is 4.79 Å². The second-order valence-corrected chi connectivity index (χ2v) is 5.26. The molecule has 0 bridgehead atoms. The van der Waals surface area contributed by atoms with Crippen LogP contribution in [0.3, 0.4) is 0 Å². The van der Waals surface area contributed by atoms with Crippen molar-refractivity contribution in [1.29, 1.82) is 0 Å². The molecule has 0 saturated carbocycles. The fraction of sp³-hybridized carbons (Fsp3) is 0.429. The first-order valence-electron chi connectivity index (χ1n) is 6.60. The maximum absolute atomic E-state index is 12.2. The molecule has 0 aliphatic carbocycles. The predicted octanol–water partition coefficient (Wildman–Crippen LogP) is 1.93. The van der Waals surface area contributed by atoms with Crippen molar-refractivity contribution in [1.82, 2.24) is 15.5 Å². The van der Waals surface area contributed by atoms with E-state index in [1.54, 1.807) is 6.92 Å². The van der Waals surface area contributed by atoms with Crippen LogP contribution in [-0.4, -0.2) is 36.0 Å². The molecule has 0 radical (unpaired) electrons. The molecule has 1 aromatic rings. The van der Waals surface area contributed by atoms with Gasteiger partial charge >= 0.3 is 6.03 Å². The topological polar surface area (TPSA) is 61.4 Å². The van der Waals surface area contributed by atoms with Crippen LogP contribution in [0.5, 0.6) is 0 Å². The van der Waals surface area contributed by atoms with Gasteiger partial charge in [-0.3, -0.25) is 15.0 Å². The summed E-state index contributed by atoms with van der Waals surface area (Å²) in [6.07, 6.45) is 0. The summed E-state index contributed by atoms with van der Waals surface area (Å²) in [5.74, 6) is -0.223. The fourth-order valence-electron chi connectivity index (χ4n) is 2.28. The van der Waals surface area contributed by atoms with Crippen LogP contribution in [0, 0.1) is 0 Å². The molecule has 20 heavy (non-hydrogen) atoms. The first-order valence-corrected chi connectivity index (χ1v) is 6.98. The standard InChI is InChI=1S/C14H18ClN3O2/c1-9(11-5-3-4-6-12(11)15)17-10(2)13(19)18-8-7-16-14(18)20/h3-6,9-10,17H,7-8H2,1-2H3,(H,16,20)/t9-,10-/m0/s1. The molecule has 1 fully saturated rings. The Morgan fingerprint density at radius 3 is 2.70 bits per heavy atom. The van der Waals surface area contributed by atoms with Gasteiger partial charge in [-0.15, -0.1) is 0 Å². The summed E-state index contributed by atoms with van der Waals surface area (Å²) in [5.41, 5.74) is 0.930. The first-order chi connectivity index (χ1) is 9.50. The smallest absolute Gasteiger partial charge is 0.324 e. The normalized spacial score (nSPS) is 17.8. The van der Waals surface area contributed by atoms with Crippen molar-refractivity contribution in [3.63, 3.8) is 0 Å². The molecule has 2 N–H and O–H groups in total. The molecule has 6 heteroatoms. The van der Waals surface area contributed by atoms with Gasteiger partial charge in [0.2, 0.25) is 5.91 Å². The number of imide groups is 1. The van der Waals surface area contributed by atoms with E-state index >= 15 is 0 Å². The number of hydrogen-bond donors (Lipinski definition) is 2. The third kappa shape index (κ3) is 3.11. The van der Waals surface area contributed by atoms with Crippen molar-refractivity contribution < 1.29 is 9.59 Å². The molecule has 1 aliphatic heterocycles. The minimum absolute atomic E-state index is 0.0756. The summed E-state index contributed by atoms with van der Waals surface area (Å²) >= 11 is 6.13. The Morgan fingerprint density at radius 1 is 1.40 bits per heavy atom. The molecule has 5 nitrogen and oxygen atoms in total. The quantitative estimate of drug-likeness (QED) is 0.892. The van der Waals surface area contributed by atoms with Crippen molar-refractivity contribution >= 4 is 23.5 Å². The zero-order valence-electron chi connectivity index (χ0n) is 11.5. The fourth-order valence-corrected chi connectivity index (χ4v) is 2.58. The number of benzene rings is 1. The summed E-state index contributed by atoms with van der Waals surface area (Å²) < 4.78 is 0. The van der Waals surface area contributed by atoms with E-state index < -0.39 is 6.04 Å². The lowest BCUT2D eigenvalue weighted by Crippen LogP contribution is -2.46. The molecule has 3 amide bonds. The zero-order valence-corrected chi connectivity index (χ0v) is 12.3. The van der Waals surface area contributed by atoms with E-state index in [1.165, 1.54) is 4.90 Å². The third-order valence-electron chi connectivity index (χ3n) is 3.36. The molecule has 1 saturated heterocycles. The molecule has 1 heterocycles. The number of nitrogens with zero attached hydrogens (tertiary/aromatic N) is 1. The Hall–Kier alpha value is -1.59. The molecular weight excluding hydrogens is 278 g/mol. The Balaban J connectivity index is 2.00. The highest BCUT2D eigenvalue weighted by Gasteiger charge is 2.30. The lowest BCUT2D eigenvalue weighted by molar-refractivity contribution is -0.129. The highest BCUT2D eigenvalue weighted by atomic mass is 35.5. The van der Waals surface area contributed by atoms with Crippen LogP contribution in [0.25, 0.3) is 0 Å². The van der Waals surface area contributed by atoms with Crippen LogP contribution in [0.2, 0.25) is 5.02 Å². The number of carbonyl (C=O) groups is 2. The largest absolute Gasteiger partial charge is 0.336 e. The number of rotatable bonds is 4. The molecule has 108 valence electrons. The number of nitrogens with one attached hydrogen (secondary N) is 2. The van der Waals surface area contributed by atoms with Gasteiger partial charge in [-0.2, -0.15) is 0 Å². The Labute approximate surface area is 123 Å². The van der Waals surface area contributed by atoms with E-state index in [2.05, 4.69) is 10.6 Å². The molecule has 0 spiro atoms. The summed E-state index contributed by atoms with van der Waals surface area (Å²) in [7, 11) is 0. The molecule has 0 unspecified atom stereocenters. The molecule has 2 atom stereocenters. The van der Waals surface area contributed by atoms with Crippen LogP contribution in [0.1, 0.15) is 25.5 Å². The second kappa shape index (κ2) is 6.24. The number of urea groups is 1. The van der Waals surface area contributed by atoms with E-state index in [4.69, 9.17) is 11.6 Å². The molecule has 0 aromatic heterocycles. The molecule has 1 aliphatic rings. The van der Waals surface area contributed by atoms with Crippen molar-refractivity contribution in [2.45, 2.75) is 25.9 Å². The molecule has 1 aromatic carbocycles. The van der Waals surface area contributed by atoms with Crippen LogP contribution in [0.4, 0.5) is 4.79 Å². The van der Waals surface area contributed by atoms with E-state index in [0.29, 0.717) is 18.1 Å². The minimum atomic E-state index is -0.454. The van der Waals surface area contributed by atoms with Gasteiger partial charge in [0.25, 0.3) is 0 Å². The van der Waals surface area contributed by atoms with E-state index in [-0.39, 0.29) is 18.0 Å². The molecule has 2 rings (SSSR count). The summed E-state index contributed by atoms with van der Waals surface area (Å²) in [6, 6.07) is 6.64. The Bertz CT molecular complexity index is 521. The van der Waals surface area contributed by atoms with Gasteiger partial charge in [-0.1, -0.05) is 29.8 Å². The van der Waals surface area contributed by atoms with E-state index in [9.17, 15) is 9.59 Å². The second-order valence-electron chi connectivity index (χ2n) is 4.85. The van der Waals surface area contributed by atoms with Gasteiger partial charge in [0.15, 0.2) is 0 Å². The maximum Gasteiger partial charge on any atom is 0.324 e. The average Bonchev–Trinajstić information content (AvgIpc) is 2.84. The van der Waals surface area contributed by atoms with E-state index in [1.807, 2.05) is 31.2 Å². The summed E-state index contributed by atoms with van der Waals surface area (Å²) in [5, 5.41) is 6.45. The SMILES string of the molecule is C[C@H](N[C@@H](C)c1ccccc1Cl)C(=O)N1CCNC1=O. The van der Waals surface area contributed by atoms with Gasteiger partial charge < -0.3 is 5.32 Å². The summed E-state index contributed by atoms with van der Waals surface area (Å²) in [4.78, 5) is 24.9. The number of carbonyl (C=O) groups excluding carboxylic acids is 2. The van der Waals surface area contributed by atoms with Gasteiger partial charge in [0.1, 0.15) is 0 Å². The monoisotopic (exact) mass is 295 g/mol.